The molecule has 0 spiro atoms. The van der Waals surface area contributed by atoms with Crippen LogP contribution in [-0.2, 0) is 6.54 Å². The third-order valence-electron chi connectivity index (χ3n) is 4.49. The van der Waals surface area contributed by atoms with Gasteiger partial charge in [0.2, 0.25) is 0 Å². The van der Waals surface area contributed by atoms with Crippen LogP contribution in [0.2, 0.25) is 0 Å². The fourth-order valence-corrected chi connectivity index (χ4v) is 3.19. The number of halogens is 1. The Balaban J connectivity index is 1.61. The van der Waals surface area contributed by atoms with Crippen LogP contribution in [0.1, 0.15) is 12.0 Å². The Morgan fingerprint density at radius 2 is 2.23 bits per heavy atom. The van der Waals surface area contributed by atoms with Gasteiger partial charge in [-0.1, -0.05) is 6.07 Å². The van der Waals surface area contributed by atoms with Crippen molar-refractivity contribution in [2.24, 2.45) is 5.92 Å². The van der Waals surface area contributed by atoms with Gasteiger partial charge in [-0.3, -0.25) is 4.39 Å². The number of rotatable bonds is 2. The Kier molecular flexibility index (Phi) is 3.33. The molecule has 4 rings (SSSR count). The average molecular weight is 298 g/mol. The summed E-state index contributed by atoms with van der Waals surface area (Å²) in [5.74, 6) is 1.08. The van der Waals surface area contributed by atoms with Crippen molar-refractivity contribution in [1.29, 1.82) is 0 Å². The molecular weight excluding hydrogens is 279 g/mol. The van der Waals surface area contributed by atoms with Gasteiger partial charge in [-0.05, 0) is 30.7 Å². The zero-order valence-electron chi connectivity index (χ0n) is 12.3. The molecule has 2 aromatic rings. The maximum absolute atomic E-state index is 12.8. The van der Waals surface area contributed by atoms with Crippen molar-refractivity contribution in [1.82, 2.24) is 4.98 Å². The van der Waals surface area contributed by atoms with Crippen LogP contribution in [-0.4, -0.2) is 24.7 Å². The standard InChI is InChI=1S/C17H19FN4/c18-9-12-5-7-22(11-12)14-3-4-15-16(8-14)20-10-13-2-1-6-19-17(13)21-15/h1-4,6,8,12,20H,5,7,9-11H2,(H,19,21)/t12-/m0/s1. The first-order valence-electron chi connectivity index (χ1n) is 7.73. The van der Waals surface area contributed by atoms with Crippen LogP contribution in [0.4, 0.5) is 27.3 Å². The minimum absolute atomic E-state index is 0.179. The van der Waals surface area contributed by atoms with Crippen LogP contribution >= 0.6 is 0 Å². The molecule has 2 N–H and O–H groups in total. The summed E-state index contributed by atoms with van der Waals surface area (Å²) in [6.45, 7) is 2.27. The number of pyridine rings is 1. The van der Waals surface area contributed by atoms with Crippen molar-refractivity contribution in [2.45, 2.75) is 13.0 Å². The third-order valence-corrected chi connectivity index (χ3v) is 4.49. The SMILES string of the molecule is FC[C@@H]1CCN(c2ccc3c(c2)NCc2cccnc2N3)C1. The molecule has 22 heavy (non-hydrogen) atoms. The summed E-state index contributed by atoms with van der Waals surface area (Å²) >= 11 is 0. The Labute approximate surface area is 129 Å². The number of hydrogen-bond donors (Lipinski definition) is 2. The summed E-state index contributed by atoms with van der Waals surface area (Å²) in [4.78, 5) is 6.66. The van der Waals surface area contributed by atoms with E-state index in [9.17, 15) is 4.39 Å². The molecule has 2 aliphatic heterocycles. The topological polar surface area (TPSA) is 40.2 Å². The Morgan fingerprint density at radius 3 is 3.09 bits per heavy atom. The molecule has 5 heteroatoms. The largest absolute Gasteiger partial charge is 0.379 e. The first-order chi connectivity index (χ1) is 10.8. The van der Waals surface area contributed by atoms with Crippen LogP contribution in [0.15, 0.2) is 36.5 Å². The second-order valence-electron chi connectivity index (χ2n) is 5.97. The lowest BCUT2D eigenvalue weighted by atomic mass is 10.1. The van der Waals surface area contributed by atoms with E-state index < -0.39 is 0 Å². The number of alkyl halides is 1. The Bertz CT molecular complexity index is 688. The molecule has 114 valence electrons. The second-order valence-corrected chi connectivity index (χ2v) is 5.97. The number of anilines is 4. The monoisotopic (exact) mass is 298 g/mol. The fourth-order valence-electron chi connectivity index (χ4n) is 3.19. The lowest BCUT2D eigenvalue weighted by molar-refractivity contribution is 0.385. The number of aromatic nitrogens is 1. The second kappa shape index (κ2) is 5.48. The normalized spacial score (nSPS) is 19.7. The highest BCUT2D eigenvalue weighted by Crippen LogP contribution is 2.35. The Morgan fingerprint density at radius 1 is 1.27 bits per heavy atom. The van der Waals surface area contributed by atoms with Gasteiger partial charge in [-0.15, -0.1) is 0 Å². The van der Waals surface area contributed by atoms with Gasteiger partial charge in [0.05, 0.1) is 18.0 Å². The first kappa shape index (κ1) is 13.4. The quantitative estimate of drug-likeness (QED) is 0.889. The molecule has 0 amide bonds. The van der Waals surface area contributed by atoms with E-state index in [1.165, 1.54) is 0 Å². The van der Waals surface area contributed by atoms with E-state index in [-0.39, 0.29) is 12.6 Å². The summed E-state index contributed by atoms with van der Waals surface area (Å²) in [5.41, 5.74) is 4.41. The van der Waals surface area contributed by atoms with Crippen molar-refractivity contribution < 1.29 is 4.39 Å². The molecule has 4 nitrogen and oxygen atoms in total. The molecular formula is C17H19FN4. The van der Waals surface area contributed by atoms with Crippen LogP contribution in [0.3, 0.4) is 0 Å². The van der Waals surface area contributed by atoms with Crippen LogP contribution in [0, 0.1) is 5.92 Å². The van der Waals surface area contributed by atoms with E-state index in [1.807, 2.05) is 6.07 Å². The van der Waals surface area contributed by atoms with E-state index in [1.54, 1.807) is 6.20 Å². The minimum Gasteiger partial charge on any atom is -0.379 e. The molecule has 0 aliphatic carbocycles. The van der Waals surface area contributed by atoms with Crippen molar-refractivity contribution >= 4 is 22.9 Å². The zero-order chi connectivity index (χ0) is 14.9. The van der Waals surface area contributed by atoms with Gasteiger partial charge >= 0.3 is 0 Å². The minimum atomic E-state index is -0.220. The summed E-state index contributed by atoms with van der Waals surface area (Å²) in [6, 6.07) is 10.3. The van der Waals surface area contributed by atoms with Crippen molar-refractivity contribution in [3.63, 3.8) is 0 Å². The van der Waals surface area contributed by atoms with E-state index in [0.717, 1.165) is 54.5 Å². The third kappa shape index (κ3) is 2.36. The molecule has 1 atom stereocenters. The van der Waals surface area contributed by atoms with Gasteiger partial charge in [0, 0.05) is 43.0 Å². The van der Waals surface area contributed by atoms with Gasteiger partial charge in [-0.25, -0.2) is 4.98 Å². The number of nitrogens with one attached hydrogen (secondary N) is 2. The number of fused-ring (bicyclic) bond motifs is 2. The first-order valence-corrected chi connectivity index (χ1v) is 7.73. The van der Waals surface area contributed by atoms with Gasteiger partial charge < -0.3 is 15.5 Å². The number of benzene rings is 1. The average Bonchev–Trinajstić information content (AvgIpc) is 2.96. The molecule has 2 aliphatic rings. The van der Waals surface area contributed by atoms with E-state index in [4.69, 9.17) is 0 Å². The molecule has 0 bridgehead atoms. The van der Waals surface area contributed by atoms with Crippen molar-refractivity contribution in [3.8, 4) is 0 Å². The molecule has 1 saturated heterocycles. The fraction of sp³-hybridized carbons (Fsp3) is 0.353. The highest BCUT2D eigenvalue weighted by Gasteiger charge is 2.23. The van der Waals surface area contributed by atoms with E-state index in [2.05, 4.69) is 44.8 Å². The molecule has 1 aromatic carbocycles. The van der Waals surface area contributed by atoms with E-state index in [0.29, 0.717) is 0 Å². The van der Waals surface area contributed by atoms with Crippen molar-refractivity contribution in [3.05, 3.63) is 42.1 Å². The molecule has 0 saturated carbocycles. The van der Waals surface area contributed by atoms with Crippen LogP contribution < -0.4 is 15.5 Å². The van der Waals surface area contributed by atoms with Crippen LogP contribution in [0.5, 0.6) is 0 Å². The summed E-state index contributed by atoms with van der Waals surface area (Å²) < 4.78 is 12.8. The molecule has 0 unspecified atom stereocenters. The lowest BCUT2D eigenvalue weighted by Gasteiger charge is -2.20. The lowest BCUT2D eigenvalue weighted by Crippen LogP contribution is -2.20. The molecule has 3 heterocycles. The number of hydrogen-bond acceptors (Lipinski definition) is 4. The van der Waals surface area contributed by atoms with Gasteiger partial charge in [-0.2, -0.15) is 0 Å². The summed E-state index contributed by atoms with van der Waals surface area (Å²) in [7, 11) is 0. The maximum atomic E-state index is 12.8. The smallest absolute Gasteiger partial charge is 0.135 e. The maximum Gasteiger partial charge on any atom is 0.135 e. The highest BCUT2D eigenvalue weighted by atomic mass is 19.1. The molecule has 0 radical (unpaired) electrons. The van der Waals surface area contributed by atoms with Gasteiger partial charge in [0.25, 0.3) is 0 Å². The molecule has 1 aromatic heterocycles. The van der Waals surface area contributed by atoms with Crippen molar-refractivity contribution in [2.75, 3.05) is 35.3 Å². The summed E-state index contributed by atoms with van der Waals surface area (Å²) in [5, 5.41) is 6.86. The predicted molar refractivity (Wildman–Crippen MR) is 87.6 cm³/mol. The summed E-state index contributed by atoms with van der Waals surface area (Å²) in [6.07, 6.45) is 2.74. The van der Waals surface area contributed by atoms with E-state index >= 15 is 0 Å². The van der Waals surface area contributed by atoms with Crippen LogP contribution in [0.25, 0.3) is 0 Å². The number of nitrogens with zero attached hydrogens (tertiary/aromatic N) is 2. The predicted octanol–water partition coefficient (Wildman–Crippen LogP) is 3.55. The zero-order valence-corrected chi connectivity index (χ0v) is 12.3. The van der Waals surface area contributed by atoms with Gasteiger partial charge in [0.1, 0.15) is 5.82 Å². The van der Waals surface area contributed by atoms with Gasteiger partial charge in [0.15, 0.2) is 0 Å². The highest BCUT2D eigenvalue weighted by molar-refractivity contribution is 5.79. The molecule has 1 fully saturated rings. The Hall–Kier alpha value is -2.30.